The van der Waals surface area contributed by atoms with Gasteiger partial charge < -0.3 is 0 Å². The number of Topliss-reactive ketones (excluding diaryl/α,β-unsaturated/α-hetero) is 2. The molecule has 1 aromatic carbocycles. The Morgan fingerprint density at radius 3 is 2.21 bits per heavy atom. The monoisotopic (exact) mass is 272 g/mol. The molecule has 1 aromatic rings. The molecule has 94 valence electrons. The van der Waals surface area contributed by atoms with Crippen LogP contribution in [0.25, 0.3) is 0 Å². The fourth-order valence-electron chi connectivity index (χ4n) is 2.37. The molecule has 0 fully saturated rings. The van der Waals surface area contributed by atoms with E-state index in [1.54, 1.807) is 30.3 Å². The minimum absolute atomic E-state index is 0.00893. The molecule has 0 heterocycles. The van der Waals surface area contributed by atoms with E-state index in [0.717, 1.165) is 0 Å². The molecule has 0 aliphatic heterocycles. The highest BCUT2D eigenvalue weighted by atomic mass is 32.2. The van der Waals surface area contributed by atoms with Crippen LogP contribution in [0.5, 0.6) is 0 Å². The van der Waals surface area contributed by atoms with E-state index in [9.17, 15) is 18.0 Å². The first-order valence-electron chi connectivity index (χ1n) is 5.66. The van der Waals surface area contributed by atoms with E-state index in [1.165, 1.54) is 6.08 Å². The SMILES string of the molecule is O=C1C2=C(C(=O)c3ccccc31)C(=S(=O)=O)CC=C2. The summed E-state index contributed by atoms with van der Waals surface area (Å²) in [6.07, 6.45) is 3.26. The number of benzene rings is 1. The quantitative estimate of drug-likeness (QED) is 0.669. The number of rotatable bonds is 0. The number of carbonyl (C=O) groups is 2. The Kier molecular flexibility index (Phi) is 2.57. The van der Waals surface area contributed by atoms with E-state index < -0.39 is 16.1 Å². The number of hydrogen-bond donors (Lipinski definition) is 0. The van der Waals surface area contributed by atoms with E-state index in [1.807, 2.05) is 0 Å². The predicted octanol–water partition coefficient (Wildman–Crippen LogP) is 1.37. The molecule has 0 unspecified atom stereocenters. The van der Waals surface area contributed by atoms with Gasteiger partial charge in [-0.1, -0.05) is 36.4 Å². The highest BCUT2D eigenvalue weighted by molar-refractivity contribution is 7.73. The fraction of sp³-hybridized carbons (Fsp3) is 0.0714. The first kappa shape index (κ1) is 11.8. The van der Waals surface area contributed by atoms with Crippen LogP contribution in [0.2, 0.25) is 0 Å². The summed E-state index contributed by atoms with van der Waals surface area (Å²) in [4.78, 5) is 24.7. The molecule has 0 atom stereocenters. The molecule has 0 saturated heterocycles. The van der Waals surface area contributed by atoms with Crippen molar-refractivity contribution in [3.8, 4) is 0 Å². The fourth-order valence-corrected chi connectivity index (χ4v) is 2.97. The lowest BCUT2D eigenvalue weighted by molar-refractivity contribution is 0.0982. The normalized spacial score (nSPS) is 17.4. The molecule has 0 bridgehead atoms. The number of carbonyl (C=O) groups excluding carboxylic acids is 2. The van der Waals surface area contributed by atoms with Crippen molar-refractivity contribution < 1.29 is 18.0 Å². The Labute approximate surface area is 110 Å². The van der Waals surface area contributed by atoms with Gasteiger partial charge in [-0.05, 0) is 0 Å². The van der Waals surface area contributed by atoms with E-state index in [4.69, 9.17) is 0 Å². The molecular formula is C14H8O4S. The van der Waals surface area contributed by atoms with Crippen LogP contribution in [-0.2, 0) is 10.3 Å². The minimum Gasteiger partial charge on any atom is -0.289 e. The van der Waals surface area contributed by atoms with Crippen molar-refractivity contribution in [2.24, 2.45) is 0 Å². The highest BCUT2D eigenvalue weighted by Crippen LogP contribution is 2.30. The maximum atomic E-state index is 12.4. The second-order valence-electron chi connectivity index (χ2n) is 4.26. The van der Waals surface area contributed by atoms with Gasteiger partial charge in [-0.2, -0.15) is 8.42 Å². The number of hydrogen-bond acceptors (Lipinski definition) is 4. The van der Waals surface area contributed by atoms with Gasteiger partial charge in [0, 0.05) is 23.1 Å². The maximum Gasteiger partial charge on any atom is 0.218 e. The molecule has 2 aliphatic rings. The lowest BCUT2D eigenvalue weighted by atomic mass is 9.80. The van der Waals surface area contributed by atoms with Gasteiger partial charge >= 0.3 is 0 Å². The van der Waals surface area contributed by atoms with Crippen molar-refractivity contribution >= 4 is 26.7 Å². The highest BCUT2D eigenvalue weighted by Gasteiger charge is 2.34. The molecule has 3 rings (SSSR count). The van der Waals surface area contributed by atoms with Crippen LogP contribution in [0.3, 0.4) is 0 Å². The zero-order valence-electron chi connectivity index (χ0n) is 9.71. The van der Waals surface area contributed by atoms with E-state index in [2.05, 4.69) is 0 Å². The van der Waals surface area contributed by atoms with Crippen molar-refractivity contribution in [1.82, 2.24) is 0 Å². The number of allylic oxidation sites excluding steroid dienone is 4. The average Bonchev–Trinajstić information content (AvgIpc) is 2.44. The summed E-state index contributed by atoms with van der Waals surface area (Å²) < 4.78 is 22.4. The maximum absolute atomic E-state index is 12.4. The summed E-state index contributed by atoms with van der Waals surface area (Å²) in [5.74, 6) is -0.696. The predicted molar refractivity (Wildman–Crippen MR) is 69.8 cm³/mol. The molecule has 0 spiro atoms. The lowest BCUT2D eigenvalue weighted by Crippen LogP contribution is -2.27. The van der Waals surface area contributed by atoms with E-state index in [-0.39, 0.29) is 33.8 Å². The zero-order chi connectivity index (χ0) is 13.6. The van der Waals surface area contributed by atoms with Crippen LogP contribution in [0.1, 0.15) is 27.1 Å². The second kappa shape index (κ2) is 4.13. The summed E-state index contributed by atoms with van der Waals surface area (Å²) in [5, 5.41) is 0. The van der Waals surface area contributed by atoms with Gasteiger partial charge in [-0.25, -0.2) is 0 Å². The van der Waals surface area contributed by atoms with Gasteiger partial charge in [0.1, 0.15) is 0 Å². The largest absolute Gasteiger partial charge is 0.289 e. The van der Waals surface area contributed by atoms with E-state index in [0.29, 0.717) is 5.56 Å². The van der Waals surface area contributed by atoms with Gasteiger partial charge in [0.25, 0.3) is 0 Å². The van der Waals surface area contributed by atoms with Gasteiger partial charge in [-0.15, -0.1) is 0 Å². The summed E-state index contributed by atoms with van der Waals surface area (Å²) in [6, 6.07) is 6.46. The van der Waals surface area contributed by atoms with Gasteiger partial charge in [-0.3, -0.25) is 9.59 Å². The molecule has 5 heteroatoms. The lowest BCUT2D eigenvalue weighted by Gasteiger charge is -2.21. The third kappa shape index (κ3) is 1.62. The summed E-state index contributed by atoms with van der Waals surface area (Å²) in [6.45, 7) is 0. The van der Waals surface area contributed by atoms with Crippen molar-refractivity contribution in [3.05, 3.63) is 58.7 Å². The molecule has 19 heavy (non-hydrogen) atoms. The minimum atomic E-state index is -2.50. The Morgan fingerprint density at radius 1 is 0.947 bits per heavy atom. The van der Waals surface area contributed by atoms with Crippen molar-refractivity contribution in [1.29, 1.82) is 0 Å². The first-order chi connectivity index (χ1) is 9.11. The Hall–Kier alpha value is -2.27. The molecule has 0 amide bonds. The molecule has 0 radical (unpaired) electrons. The van der Waals surface area contributed by atoms with Crippen LogP contribution >= 0.6 is 0 Å². The smallest absolute Gasteiger partial charge is 0.218 e. The third-order valence-electron chi connectivity index (χ3n) is 3.23. The second-order valence-corrected chi connectivity index (χ2v) is 5.22. The molecular weight excluding hydrogens is 264 g/mol. The topological polar surface area (TPSA) is 68.3 Å². The summed E-state index contributed by atoms with van der Waals surface area (Å²) in [7, 11) is -2.50. The van der Waals surface area contributed by atoms with Crippen LogP contribution in [0, 0.1) is 0 Å². The zero-order valence-corrected chi connectivity index (χ0v) is 10.5. The Balaban J connectivity index is 2.37. The first-order valence-corrected chi connectivity index (χ1v) is 6.73. The molecule has 0 saturated carbocycles. The van der Waals surface area contributed by atoms with Crippen LogP contribution in [0.4, 0.5) is 0 Å². The summed E-state index contributed by atoms with van der Waals surface area (Å²) >= 11 is 0. The Bertz CT molecular complexity index is 815. The van der Waals surface area contributed by atoms with Gasteiger partial charge in [0.05, 0.1) is 10.4 Å². The summed E-state index contributed by atoms with van der Waals surface area (Å²) in [5.41, 5.74) is 0.798. The average molecular weight is 272 g/mol. The third-order valence-corrected chi connectivity index (χ3v) is 4.00. The molecule has 4 nitrogen and oxygen atoms in total. The molecule has 0 aromatic heterocycles. The van der Waals surface area contributed by atoms with Crippen molar-refractivity contribution in [2.45, 2.75) is 6.42 Å². The van der Waals surface area contributed by atoms with Crippen LogP contribution in [-0.4, -0.2) is 24.8 Å². The van der Waals surface area contributed by atoms with Crippen LogP contribution < -0.4 is 0 Å². The van der Waals surface area contributed by atoms with Gasteiger partial charge in [0.15, 0.2) is 11.6 Å². The number of fused-ring (bicyclic) bond motifs is 1. The van der Waals surface area contributed by atoms with Crippen molar-refractivity contribution in [2.75, 3.05) is 0 Å². The van der Waals surface area contributed by atoms with E-state index >= 15 is 0 Å². The Morgan fingerprint density at radius 2 is 1.58 bits per heavy atom. The van der Waals surface area contributed by atoms with Gasteiger partial charge in [0.2, 0.25) is 10.3 Å². The van der Waals surface area contributed by atoms with Crippen molar-refractivity contribution in [3.63, 3.8) is 0 Å². The van der Waals surface area contributed by atoms with Crippen LogP contribution in [0.15, 0.2) is 47.6 Å². The standard InChI is InChI=1S/C14H8O4S/c15-13-8-4-1-2-5-9(8)14(16)12-10(13)6-3-7-11(12)19(17)18/h1-6H,7H2. The molecule has 0 N–H and O–H groups in total. The molecule has 2 aliphatic carbocycles. The number of ketones is 2.